The van der Waals surface area contributed by atoms with E-state index in [9.17, 15) is 9.59 Å². The molecule has 1 amide bonds. The summed E-state index contributed by atoms with van der Waals surface area (Å²) in [5.41, 5.74) is 2.44. The van der Waals surface area contributed by atoms with Crippen LogP contribution in [0, 0.1) is 12.8 Å². The Morgan fingerprint density at radius 1 is 1.27 bits per heavy atom. The normalized spacial score (nSPS) is 20.6. The monoisotopic (exact) mass is 352 g/mol. The Labute approximate surface area is 151 Å². The van der Waals surface area contributed by atoms with E-state index in [1.807, 2.05) is 19.1 Å². The van der Waals surface area contributed by atoms with Crippen molar-refractivity contribution in [2.75, 3.05) is 0 Å². The Hall–Kier alpha value is -2.63. The number of hydrogen-bond acceptors (Lipinski definition) is 3. The Kier molecular flexibility index (Phi) is 4.05. The molecule has 0 spiro atoms. The van der Waals surface area contributed by atoms with Crippen molar-refractivity contribution in [1.82, 2.24) is 19.3 Å². The quantitative estimate of drug-likeness (QED) is 0.771. The van der Waals surface area contributed by atoms with Gasteiger partial charge in [0.05, 0.1) is 5.39 Å². The number of aryl methyl sites for hydroxylation is 2. The van der Waals surface area contributed by atoms with Crippen LogP contribution in [0.2, 0.25) is 0 Å². The third-order valence-electron chi connectivity index (χ3n) is 5.68. The van der Waals surface area contributed by atoms with Gasteiger partial charge in [-0.25, -0.2) is 4.98 Å². The standard InChI is InChI=1S/C20H24N4O2/c1-12-7-4-5-9-15(12)21-19(25)16-11-14-18(23(16)3)22-17-13(2)8-6-10-24(17)20(14)26/h6,8,10-12,15H,4-5,7,9H2,1-3H3,(H,21,25)/t12-,15+/m0/s1. The number of carbonyl (C=O) groups excluding carboxylic acids is 1. The van der Waals surface area contributed by atoms with Crippen LogP contribution in [0.5, 0.6) is 0 Å². The molecular formula is C20H24N4O2. The van der Waals surface area contributed by atoms with Gasteiger partial charge in [-0.1, -0.05) is 25.8 Å². The van der Waals surface area contributed by atoms with E-state index in [-0.39, 0.29) is 17.5 Å². The van der Waals surface area contributed by atoms with E-state index in [1.54, 1.807) is 28.3 Å². The molecule has 1 N–H and O–H groups in total. The molecule has 0 radical (unpaired) electrons. The van der Waals surface area contributed by atoms with Gasteiger partial charge in [0.15, 0.2) is 0 Å². The second-order valence-corrected chi connectivity index (χ2v) is 7.47. The summed E-state index contributed by atoms with van der Waals surface area (Å²) in [6.07, 6.45) is 6.26. The Bertz CT molecular complexity index is 1060. The van der Waals surface area contributed by atoms with Crippen LogP contribution in [-0.2, 0) is 7.05 Å². The van der Waals surface area contributed by atoms with Crippen LogP contribution in [0.15, 0.2) is 29.2 Å². The Morgan fingerprint density at radius 2 is 2.04 bits per heavy atom. The van der Waals surface area contributed by atoms with Gasteiger partial charge in [-0.05, 0) is 43.4 Å². The SMILES string of the molecule is Cc1cccn2c(=O)c3cc(C(=O)N[C@@H]4CCCC[C@@H]4C)n(C)c3nc12. The van der Waals surface area contributed by atoms with E-state index in [2.05, 4.69) is 17.2 Å². The smallest absolute Gasteiger partial charge is 0.268 e. The van der Waals surface area contributed by atoms with E-state index in [0.29, 0.717) is 28.3 Å². The third kappa shape index (κ3) is 2.60. The van der Waals surface area contributed by atoms with E-state index in [1.165, 1.54) is 6.42 Å². The summed E-state index contributed by atoms with van der Waals surface area (Å²) in [6.45, 7) is 4.11. The molecule has 1 fully saturated rings. The van der Waals surface area contributed by atoms with Gasteiger partial charge < -0.3 is 9.88 Å². The maximum atomic E-state index is 12.9. The minimum atomic E-state index is -0.144. The largest absolute Gasteiger partial charge is 0.348 e. The highest BCUT2D eigenvalue weighted by molar-refractivity contribution is 5.98. The van der Waals surface area contributed by atoms with E-state index >= 15 is 0 Å². The summed E-state index contributed by atoms with van der Waals surface area (Å²) in [4.78, 5) is 30.3. The molecule has 0 unspecified atom stereocenters. The van der Waals surface area contributed by atoms with Gasteiger partial charge in [0, 0.05) is 19.3 Å². The molecule has 136 valence electrons. The summed E-state index contributed by atoms with van der Waals surface area (Å²) in [5.74, 6) is 0.353. The van der Waals surface area contributed by atoms with Crippen LogP contribution in [-0.4, -0.2) is 25.9 Å². The lowest BCUT2D eigenvalue weighted by Gasteiger charge is -2.29. The summed E-state index contributed by atoms with van der Waals surface area (Å²) in [6, 6.07) is 5.62. The van der Waals surface area contributed by atoms with Crippen molar-refractivity contribution in [3.05, 3.63) is 46.0 Å². The maximum Gasteiger partial charge on any atom is 0.268 e. The minimum absolute atomic E-state index is 0.130. The van der Waals surface area contributed by atoms with Crippen LogP contribution in [0.25, 0.3) is 16.7 Å². The third-order valence-corrected chi connectivity index (χ3v) is 5.68. The van der Waals surface area contributed by atoms with Crippen molar-refractivity contribution in [2.45, 2.75) is 45.6 Å². The molecule has 4 rings (SSSR count). The fourth-order valence-electron chi connectivity index (χ4n) is 4.02. The number of nitrogens with one attached hydrogen (secondary N) is 1. The first-order valence-electron chi connectivity index (χ1n) is 9.25. The second kappa shape index (κ2) is 6.27. The molecule has 2 atom stereocenters. The molecule has 6 heteroatoms. The summed E-state index contributed by atoms with van der Waals surface area (Å²) < 4.78 is 3.27. The molecule has 0 bridgehead atoms. The van der Waals surface area contributed by atoms with Crippen LogP contribution < -0.4 is 10.9 Å². The molecule has 3 aromatic heterocycles. The molecule has 6 nitrogen and oxygen atoms in total. The highest BCUT2D eigenvalue weighted by Gasteiger charge is 2.25. The number of nitrogens with zero attached hydrogens (tertiary/aromatic N) is 3. The number of rotatable bonds is 2. The zero-order valence-electron chi connectivity index (χ0n) is 15.5. The lowest BCUT2D eigenvalue weighted by atomic mass is 9.86. The number of hydrogen-bond donors (Lipinski definition) is 1. The molecule has 26 heavy (non-hydrogen) atoms. The highest BCUT2D eigenvalue weighted by Crippen LogP contribution is 2.24. The van der Waals surface area contributed by atoms with E-state index in [4.69, 9.17) is 0 Å². The second-order valence-electron chi connectivity index (χ2n) is 7.47. The lowest BCUT2D eigenvalue weighted by Crippen LogP contribution is -2.41. The van der Waals surface area contributed by atoms with Gasteiger partial charge in [-0.15, -0.1) is 0 Å². The van der Waals surface area contributed by atoms with Crippen molar-refractivity contribution in [2.24, 2.45) is 13.0 Å². The summed E-state index contributed by atoms with van der Waals surface area (Å²) in [5, 5.41) is 3.63. The zero-order chi connectivity index (χ0) is 18.4. The number of amides is 1. The molecule has 3 aromatic rings. The van der Waals surface area contributed by atoms with Crippen molar-refractivity contribution < 1.29 is 4.79 Å². The fraction of sp³-hybridized carbons (Fsp3) is 0.450. The summed E-state index contributed by atoms with van der Waals surface area (Å²) >= 11 is 0. The van der Waals surface area contributed by atoms with Crippen molar-refractivity contribution in [3.8, 4) is 0 Å². The first kappa shape index (κ1) is 16.8. The minimum Gasteiger partial charge on any atom is -0.348 e. The average Bonchev–Trinajstić information content (AvgIpc) is 2.96. The van der Waals surface area contributed by atoms with Gasteiger partial charge >= 0.3 is 0 Å². The number of aromatic nitrogens is 3. The van der Waals surface area contributed by atoms with E-state index in [0.717, 1.165) is 24.8 Å². The predicted octanol–water partition coefficient (Wildman–Crippen LogP) is 2.80. The maximum absolute atomic E-state index is 12.9. The fourth-order valence-corrected chi connectivity index (χ4v) is 4.02. The van der Waals surface area contributed by atoms with Crippen LogP contribution in [0.4, 0.5) is 0 Å². The van der Waals surface area contributed by atoms with Crippen molar-refractivity contribution in [1.29, 1.82) is 0 Å². The molecule has 1 aliphatic rings. The molecule has 0 aliphatic heterocycles. The molecule has 0 saturated heterocycles. The first-order valence-corrected chi connectivity index (χ1v) is 9.25. The van der Waals surface area contributed by atoms with Crippen LogP contribution >= 0.6 is 0 Å². The lowest BCUT2D eigenvalue weighted by molar-refractivity contribution is 0.0902. The number of pyridine rings is 1. The van der Waals surface area contributed by atoms with Gasteiger partial charge in [0.2, 0.25) is 0 Å². The van der Waals surface area contributed by atoms with Crippen molar-refractivity contribution >= 4 is 22.6 Å². The zero-order valence-corrected chi connectivity index (χ0v) is 15.5. The molecule has 3 heterocycles. The number of fused-ring (bicyclic) bond motifs is 2. The van der Waals surface area contributed by atoms with Crippen molar-refractivity contribution in [3.63, 3.8) is 0 Å². The van der Waals surface area contributed by atoms with Gasteiger partial charge in [0.25, 0.3) is 11.5 Å². The molecule has 0 aromatic carbocycles. The number of carbonyl (C=O) groups is 1. The van der Waals surface area contributed by atoms with E-state index < -0.39 is 0 Å². The van der Waals surface area contributed by atoms with Gasteiger partial charge in [-0.2, -0.15) is 0 Å². The molecule has 1 aliphatic carbocycles. The Balaban J connectivity index is 1.79. The topological polar surface area (TPSA) is 68.4 Å². The van der Waals surface area contributed by atoms with Gasteiger partial charge in [0.1, 0.15) is 17.0 Å². The average molecular weight is 352 g/mol. The molecule has 1 saturated carbocycles. The van der Waals surface area contributed by atoms with Crippen LogP contribution in [0.1, 0.15) is 48.7 Å². The summed E-state index contributed by atoms with van der Waals surface area (Å²) in [7, 11) is 1.79. The van der Waals surface area contributed by atoms with Crippen LogP contribution in [0.3, 0.4) is 0 Å². The Morgan fingerprint density at radius 3 is 2.81 bits per heavy atom. The predicted molar refractivity (Wildman–Crippen MR) is 102 cm³/mol. The first-order chi connectivity index (χ1) is 12.5. The van der Waals surface area contributed by atoms with Gasteiger partial charge in [-0.3, -0.25) is 14.0 Å². The molecular weight excluding hydrogens is 328 g/mol. The highest BCUT2D eigenvalue weighted by atomic mass is 16.2.